The molecule has 1 aromatic heterocycles. The largest absolute Gasteiger partial charge is 0.426 e. The zero-order valence-corrected chi connectivity index (χ0v) is 22.0. The Morgan fingerprint density at radius 2 is 1.82 bits per heavy atom. The first-order valence-corrected chi connectivity index (χ1v) is 13.2. The van der Waals surface area contributed by atoms with E-state index in [1.165, 1.54) is 18.2 Å². The summed E-state index contributed by atoms with van der Waals surface area (Å²) in [6.07, 6.45) is 1.38. The number of fused-ring (bicyclic) bond motifs is 1. The number of likely N-dealkylation sites (tertiary alicyclic amines) is 1. The Hall–Kier alpha value is -3.96. The van der Waals surface area contributed by atoms with Crippen LogP contribution in [0.2, 0.25) is 5.02 Å². The molecule has 5 N–H and O–H groups in total. The molecule has 2 fully saturated rings. The molecule has 0 aliphatic carbocycles. The lowest BCUT2D eigenvalue weighted by Gasteiger charge is -2.37. The summed E-state index contributed by atoms with van der Waals surface area (Å²) in [6.45, 7) is 1.89. The molecule has 3 heterocycles. The fourth-order valence-electron chi connectivity index (χ4n) is 5.52. The van der Waals surface area contributed by atoms with Gasteiger partial charge >= 0.3 is 18.0 Å². The predicted molar refractivity (Wildman–Crippen MR) is 149 cm³/mol. The van der Waals surface area contributed by atoms with Gasteiger partial charge in [0.05, 0.1) is 12.1 Å². The first-order chi connectivity index (χ1) is 18.7. The highest BCUT2D eigenvalue weighted by Gasteiger charge is 2.52. The van der Waals surface area contributed by atoms with Gasteiger partial charge in [0.1, 0.15) is 11.9 Å². The van der Waals surface area contributed by atoms with E-state index in [0.29, 0.717) is 61.8 Å². The number of quaternary nitrogens is 1. The molecule has 2 atom stereocenters. The minimum absolute atomic E-state index is 0.0361. The number of hydrogen-bond donors (Lipinski definition) is 3. The second-order valence-electron chi connectivity index (χ2n) is 9.86. The summed E-state index contributed by atoms with van der Waals surface area (Å²) in [7, 11) is 0. The van der Waals surface area contributed by atoms with Crippen LogP contribution in [0.25, 0.3) is 10.9 Å². The number of nitrogens with two attached hydrogens (primary N) is 2. The number of urea groups is 2. The van der Waals surface area contributed by atoms with Crippen LogP contribution < -0.4 is 26.2 Å². The van der Waals surface area contributed by atoms with E-state index in [-0.39, 0.29) is 12.2 Å². The number of imide groups is 1. The van der Waals surface area contributed by atoms with Gasteiger partial charge in [0.2, 0.25) is 0 Å². The van der Waals surface area contributed by atoms with Gasteiger partial charge in [-0.2, -0.15) is 0 Å². The molecular weight excluding hydrogens is 525 g/mol. The average molecular weight is 555 g/mol. The molecule has 5 amide bonds. The third kappa shape index (κ3) is 4.95. The molecule has 12 heteroatoms. The molecule has 0 radical (unpaired) electrons. The minimum Gasteiger partial charge on any atom is -0.384 e. The fraction of sp³-hybridized carbons (Fsp3) is 0.333. The maximum Gasteiger partial charge on any atom is 0.426 e. The van der Waals surface area contributed by atoms with Crippen molar-refractivity contribution < 1.29 is 18.8 Å². The molecule has 204 valence electrons. The quantitative estimate of drug-likeness (QED) is 0.423. The zero-order chi connectivity index (χ0) is 27.7. The van der Waals surface area contributed by atoms with Gasteiger partial charge < -0.3 is 26.6 Å². The molecule has 39 heavy (non-hydrogen) atoms. The van der Waals surface area contributed by atoms with Gasteiger partial charge in [0.25, 0.3) is 0 Å². The van der Waals surface area contributed by atoms with Crippen LogP contribution in [-0.4, -0.2) is 66.6 Å². The van der Waals surface area contributed by atoms with E-state index >= 15 is 0 Å². The standard InChI is InChI=1S/C27H29ClFN7O3/c28-17-8-9-18-21(15-17)32-24(30)16-22(18)34-10-12-35(13-11-34)27(39)33-20-6-3-4-14-36(25(20)37,26(31)38)23-7-2-1-5-19(23)29/h1-2,5,7-9,15-16,20H,3-4,6,10-14H2,(H4-,30,31,32,33,38,39)/p+1/t20-,36?/m0/s1. The topological polar surface area (TPSA) is 135 Å². The molecule has 3 aromatic rings. The van der Waals surface area contributed by atoms with Crippen molar-refractivity contribution in [3.63, 3.8) is 0 Å². The Bertz CT molecular complexity index is 1440. The van der Waals surface area contributed by atoms with Crippen LogP contribution in [0.1, 0.15) is 19.3 Å². The van der Waals surface area contributed by atoms with Crippen molar-refractivity contribution in [2.45, 2.75) is 25.3 Å². The summed E-state index contributed by atoms with van der Waals surface area (Å²) in [6, 6.07) is 10.5. The summed E-state index contributed by atoms with van der Waals surface area (Å²) >= 11 is 6.13. The number of amides is 5. The molecule has 10 nitrogen and oxygen atoms in total. The second-order valence-corrected chi connectivity index (χ2v) is 10.3. The maximum absolute atomic E-state index is 14.8. The number of halogens is 2. The molecule has 2 aliphatic heterocycles. The van der Waals surface area contributed by atoms with Crippen molar-refractivity contribution in [1.82, 2.24) is 19.7 Å². The molecule has 0 saturated carbocycles. The number of rotatable bonds is 3. The van der Waals surface area contributed by atoms with Crippen LogP contribution in [-0.2, 0) is 4.79 Å². The van der Waals surface area contributed by atoms with E-state index in [1.54, 1.807) is 29.2 Å². The lowest BCUT2D eigenvalue weighted by atomic mass is 10.1. The van der Waals surface area contributed by atoms with E-state index in [1.807, 2.05) is 6.07 Å². The fourth-order valence-corrected chi connectivity index (χ4v) is 5.69. The SMILES string of the molecule is NC(=O)[N+]1(c2ccccc2F)CCCC[C@H](NC(=O)N2CCN(c3cc(N)nc4cc(Cl)ccc34)CC2)C1=O. The van der Waals surface area contributed by atoms with Gasteiger partial charge in [-0.15, -0.1) is 4.48 Å². The number of pyridine rings is 1. The number of aromatic nitrogens is 1. The summed E-state index contributed by atoms with van der Waals surface area (Å²) in [5.41, 5.74) is 13.3. The monoisotopic (exact) mass is 554 g/mol. The third-order valence-electron chi connectivity index (χ3n) is 7.53. The molecule has 0 bridgehead atoms. The van der Waals surface area contributed by atoms with Crippen molar-refractivity contribution in [3.05, 3.63) is 59.4 Å². The highest BCUT2D eigenvalue weighted by atomic mass is 35.5. The van der Waals surface area contributed by atoms with Crippen LogP contribution in [0.3, 0.4) is 0 Å². The number of nitrogens with one attached hydrogen (secondary N) is 1. The summed E-state index contributed by atoms with van der Waals surface area (Å²) < 4.78 is 13.8. The molecule has 1 unspecified atom stereocenters. The zero-order valence-electron chi connectivity index (χ0n) is 21.3. The third-order valence-corrected chi connectivity index (χ3v) is 7.76. The van der Waals surface area contributed by atoms with Gasteiger partial charge in [-0.05, 0) is 43.5 Å². The number of anilines is 2. The predicted octanol–water partition coefficient (Wildman–Crippen LogP) is 3.61. The van der Waals surface area contributed by atoms with Crippen LogP contribution in [0.4, 0.5) is 31.2 Å². The molecule has 5 rings (SSSR count). The number of benzene rings is 2. The molecule has 0 spiro atoms. The summed E-state index contributed by atoms with van der Waals surface area (Å²) in [5, 5.41) is 4.28. The Morgan fingerprint density at radius 3 is 2.54 bits per heavy atom. The highest BCUT2D eigenvalue weighted by Crippen LogP contribution is 2.32. The number of hydrogen-bond acceptors (Lipinski definition) is 6. The van der Waals surface area contributed by atoms with Crippen molar-refractivity contribution >= 4 is 57.7 Å². The van der Waals surface area contributed by atoms with E-state index in [9.17, 15) is 18.8 Å². The first kappa shape index (κ1) is 26.6. The number of nitrogen functional groups attached to an aromatic ring is 1. The van der Waals surface area contributed by atoms with E-state index in [0.717, 1.165) is 11.1 Å². The molecule has 2 aliphatic rings. The highest BCUT2D eigenvalue weighted by molar-refractivity contribution is 6.31. The Balaban J connectivity index is 1.31. The Morgan fingerprint density at radius 1 is 1.08 bits per heavy atom. The minimum atomic E-state index is -0.987. The lowest BCUT2D eigenvalue weighted by molar-refractivity contribution is -0.129. The van der Waals surface area contributed by atoms with E-state index in [4.69, 9.17) is 23.1 Å². The number of para-hydroxylation sites is 1. The van der Waals surface area contributed by atoms with Gasteiger partial charge in [-0.1, -0.05) is 23.7 Å². The summed E-state index contributed by atoms with van der Waals surface area (Å²) in [4.78, 5) is 47.8. The molecule has 2 saturated heterocycles. The van der Waals surface area contributed by atoms with Crippen molar-refractivity contribution in [3.8, 4) is 0 Å². The average Bonchev–Trinajstić information content (AvgIpc) is 3.07. The summed E-state index contributed by atoms with van der Waals surface area (Å²) in [5.74, 6) is -0.952. The van der Waals surface area contributed by atoms with Crippen molar-refractivity contribution in [1.29, 1.82) is 0 Å². The normalized spacial score (nSPS) is 22.0. The van der Waals surface area contributed by atoms with Crippen molar-refractivity contribution in [2.75, 3.05) is 43.4 Å². The van der Waals surface area contributed by atoms with E-state index in [2.05, 4.69) is 15.2 Å². The first-order valence-electron chi connectivity index (χ1n) is 12.8. The maximum atomic E-state index is 14.8. The number of piperazine rings is 1. The van der Waals surface area contributed by atoms with Gasteiger partial charge in [0, 0.05) is 54.4 Å². The van der Waals surface area contributed by atoms with Gasteiger partial charge in [0.15, 0.2) is 11.5 Å². The Kier molecular flexibility index (Phi) is 7.28. The van der Waals surface area contributed by atoms with Crippen LogP contribution in [0, 0.1) is 5.82 Å². The second kappa shape index (κ2) is 10.7. The molecular formula is C27H30ClFN7O3+. The van der Waals surface area contributed by atoms with E-state index < -0.39 is 34.3 Å². The number of carbonyl (C=O) groups is 3. The Labute approximate surface area is 229 Å². The molecule has 2 aromatic carbocycles. The number of carbonyl (C=O) groups excluding carboxylic acids is 3. The van der Waals surface area contributed by atoms with Crippen LogP contribution in [0.15, 0.2) is 48.5 Å². The number of primary amides is 1. The smallest absolute Gasteiger partial charge is 0.384 e. The van der Waals surface area contributed by atoms with Gasteiger partial charge in [-0.3, -0.25) is 0 Å². The van der Waals surface area contributed by atoms with Crippen molar-refractivity contribution in [2.24, 2.45) is 5.73 Å². The number of nitrogens with zero attached hydrogens (tertiary/aromatic N) is 4. The van der Waals surface area contributed by atoms with Gasteiger partial charge in [-0.25, -0.2) is 23.8 Å². The lowest BCUT2D eigenvalue weighted by Crippen LogP contribution is -2.67. The van der Waals surface area contributed by atoms with Crippen LogP contribution >= 0.6 is 11.6 Å². The van der Waals surface area contributed by atoms with Crippen LogP contribution in [0.5, 0.6) is 0 Å².